The van der Waals surface area contributed by atoms with E-state index in [1.54, 1.807) is 0 Å². The van der Waals surface area contributed by atoms with Gasteiger partial charge in [0.15, 0.2) is 0 Å². The molecule has 2 aromatic rings. The summed E-state index contributed by atoms with van der Waals surface area (Å²) >= 11 is 0. The maximum Gasteiger partial charge on any atom is 0.260 e. The molecule has 0 radical (unpaired) electrons. The average molecular weight is 285 g/mol. The fourth-order valence-electron chi connectivity index (χ4n) is 3.15. The van der Waals surface area contributed by atoms with Gasteiger partial charge in [0.25, 0.3) is 5.56 Å². The van der Waals surface area contributed by atoms with Crippen LogP contribution in [-0.4, -0.2) is 22.6 Å². The van der Waals surface area contributed by atoms with Gasteiger partial charge in [-0.3, -0.25) is 9.78 Å². The summed E-state index contributed by atoms with van der Waals surface area (Å²) in [4.78, 5) is 22.1. The number of aromatic nitrogens is 2. The fourth-order valence-corrected chi connectivity index (χ4v) is 3.15. The number of para-hydroxylation sites is 1. The van der Waals surface area contributed by atoms with Gasteiger partial charge in [0.2, 0.25) is 5.95 Å². The molecule has 112 valence electrons. The predicted octanol–water partition coefficient (Wildman–Crippen LogP) is 3.33. The first-order chi connectivity index (χ1) is 10.1. The summed E-state index contributed by atoms with van der Waals surface area (Å²) in [7, 11) is 0. The van der Waals surface area contributed by atoms with Gasteiger partial charge in [-0.15, -0.1) is 0 Å². The molecule has 1 fully saturated rings. The van der Waals surface area contributed by atoms with Gasteiger partial charge in [-0.05, 0) is 43.7 Å². The van der Waals surface area contributed by atoms with Crippen LogP contribution in [-0.2, 0) is 0 Å². The minimum absolute atomic E-state index is 0.0369. The third-order valence-electron chi connectivity index (χ3n) is 4.33. The van der Waals surface area contributed by atoms with E-state index >= 15 is 0 Å². The zero-order chi connectivity index (χ0) is 14.8. The van der Waals surface area contributed by atoms with Crippen LogP contribution in [0.5, 0.6) is 0 Å². The summed E-state index contributed by atoms with van der Waals surface area (Å²) in [6.07, 6.45) is 4.77. The maximum atomic E-state index is 12.2. The van der Waals surface area contributed by atoms with E-state index in [0.29, 0.717) is 11.4 Å². The van der Waals surface area contributed by atoms with Crippen LogP contribution in [0.1, 0.15) is 39.5 Å². The van der Waals surface area contributed by atoms with Crippen LogP contribution in [0.3, 0.4) is 0 Å². The third-order valence-corrected chi connectivity index (χ3v) is 4.33. The van der Waals surface area contributed by atoms with E-state index in [2.05, 4.69) is 28.7 Å². The lowest BCUT2D eigenvalue weighted by Crippen LogP contribution is -2.32. The average Bonchev–Trinajstić information content (AvgIpc) is 2.93. The van der Waals surface area contributed by atoms with Gasteiger partial charge < -0.3 is 4.90 Å². The van der Waals surface area contributed by atoms with E-state index in [1.807, 2.05) is 24.3 Å². The van der Waals surface area contributed by atoms with E-state index in [4.69, 9.17) is 0 Å². The quantitative estimate of drug-likeness (QED) is 0.937. The molecule has 1 aromatic carbocycles. The number of aromatic amines is 1. The fraction of sp³-hybridized carbons (Fsp3) is 0.529. The molecule has 3 rings (SSSR count). The van der Waals surface area contributed by atoms with Gasteiger partial charge in [-0.2, -0.15) is 0 Å². The third kappa shape index (κ3) is 2.94. The summed E-state index contributed by atoms with van der Waals surface area (Å²) in [6, 6.07) is 8.05. The van der Waals surface area contributed by atoms with Crippen molar-refractivity contribution < 1.29 is 0 Å². The Hall–Kier alpha value is -1.84. The van der Waals surface area contributed by atoms with Crippen molar-refractivity contribution in [1.29, 1.82) is 0 Å². The highest BCUT2D eigenvalue weighted by Crippen LogP contribution is 2.26. The molecule has 0 spiro atoms. The lowest BCUT2D eigenvalue weighted by Gasteiger charge is -2.25. The van der Waals surface area contributed by atoms with Gasteiger partial charge in [-0.1, -0.05) is 26.0 Å². The minimum atomic E-state index is -0.0369. The summed E-state index contributed by atoms with van der Waals surface area (Å²) in [6.45, 7) is 5.51. The number of hydrogen-bond acceptors (Lipinski definition) is 3. The van der Waals surface area contributed by atoms with Crippen molar-refractivity contribution >= 4 is 16.9 Å². The highest BCUT2D eigenvalue weighted by Gasteiger charge is 2.26. The van der Waals surface area contributed by atoms with Crippen LogP contribution in [0.2, 0.25) is 0 Å². The summed E-state index contributed by atoms with van der Waals surface area (Å²) in [5, 5.41) is 0.666. The Labute approximate surface area is 125 Å². The van der Waals surface area contributed by atoms with Crippen LogP contribution in [0, 0.1) is 5.92 Å². The molecule has 1 unspecified atom stereocenters. The van der Waals surface area contributed by atoms with Crippen LogP contribution < -0.4 is 10.5 Å². The molecule has 0 saturated carbocycles. The Morgan fingerprint density at radius 2 is 2.19 bits per heavy atom. The second-order valence-electron chi connectivity index (χ2n) is 6.37. The van der Waals surface area contributed by atoms with Crippen molar-refractivity contribution in [3.05, 3.63) is 34.6 Å². The molecule has 1 aliphatic heterocycles. The number of anilines is 1. The maximum absolute atomic E-state index is 12.2. The molecular formula is C17H23N3O. The number of nitrogens with one attached hydrogen (secondary N) is 1. The van der Waals surface area contributed by atoms with Crippen molar-refractivity contribution in [3.63, 3.8) is 0 Å². The normalized spacial score (nSPS) is 18.8. The molecule has 0 bridgehead atoms. The van der Waals surface area contributed by atoms with Crippen LogP contribution in [0.15, 0.2) is 29.1 Å². The van der Waals surface area contributed by atoms with Crippen molar-refractivity contribution in [1.82, 2.24) is 9.97 Å². The van der Waals surface area contributed by atoms with Crippen molar-refractivity contribution in [3.8, 4) is 0 Å². The topological polar surface area (TPSA) is 49.0 Å². The Morgan fingerprint density at radius 3 is 3.00 bits per heavy atom. The highest BCUT2D eigenvalue weighted by molar-refractivity contribution is 5.78. The zero-order valence-electron chi connectivity index (χ0n) is 12.8. The zero-order valence-corrected chi connectivity index (χ0v) is 12.8. The molecule has 1 aromatic heterocycles. The lowest BCUT2D eigenvalue weighted by atomic mass is 10.0. The standard InChI is InChI=1S/C17H23N3O/c1-12(2)9-10-13-6-5-11-20(13)17-18-15-8-4-3-7-14(15)16(21)19-17/h3-4,7-8,12-13H,5-6,9-11H2,1-2H3,(H,18,19,21). The van der Waals surface area contributed by atoms with Gasteiger partial charge in [-0.25, -0.2) is 4.98 Å². The molecule has 2 heterocycles. The molecule has 1 saturated heterocycles. The van der Waals surface area contributed by atoms with Crippen molar-refractivity contribution in [2.75, 3.05) is 11.4 Å². The lowest BCUT2D eigenvalue weighted by molar-refractivity contribution is 0.492. The Bertz CT molecular complexity index is 677. The first-order valence-corrected chi connectivity index (χ1v) is 7.91. The van der Waals surface area contributed by atoms with Gasteiger partial charge in [0.1, 0.15) is 0 Å². The molecule has 0 aliphatic carbocycles. The molecule has 21 heavy (non-hydrogen) atoms. The molecule has 1 N–H and O–H groups in total. The van der Waals surface area contributed by atoms with Crippen molar-refractivity contribution in [2.45, 2.75) is 45.6 Å². The molecule has 4 heteroatoms. The smallest absolute Gasteiger partial charge is 0.260 e. The molecular weight excluding hydrogens is 262 g/mol. The Balaban J connectivity index is 1.90. The number of benzene rings is 1. The first kappa shape index (κ1) is 14.1. The van der Waals surface area contributed by atoms with Crippen LogP contribution >= 0.6 is 0 Å². The predicted molar refractivity (Wildman–Crippen MR) is 86.8 cm³/mol. The Morgan fingerprint density at radius 1 is 1.38 bits per heavy atom. The minimum Gasteiger partial charge on any atom is -0.339 e. The van der Waals surface area contributed by atoms with Crippen LogP contribution in [0.4, 0.5) is 5.95 Å². The second kappa shape index (κ2) is 5.88. The van der Waals surface area contributed by atoms with Gasteiger partial charge >= 0.3 is 0 Å². The Kier molecular flexibility index (Phi) is 3.95. The van der Waals surface area contributed by atoms with Crippen molar-refractivity contribution in [2.24, 2.45) is 5.92 Å². The summed E-state index contributed by atoms with van der Waals surface area (Å²) in [5.41, 5.74) is 0.746. The number of rotatable bonds is 4. The van der Waals surface area contributed by atoms with E-state index in [-0.39, 0.29) is 5.56 Å². The van der Waals surface area contributed by atoms with E-state index in [9.17, 15) is 4.79 Å². The molecule has 0 amide bonds. The summed E-state index contributed by atoms with van der Waals surface area (Å²) in [5.74, 6) is 1.46. The molecule has 1 aliphatic rings. The largest absolute Gasteiger partial charge is 0.339 e. The van der Waals surface area contributed by atoms with Crippen LogP contribution in [0.25, 0.3) is 10.9 Å². The van der Waals surface area contributed by atoms with E-state index in [0.717, 1.165) is 23.9 Å². The monoisotopic (exact) mass is 285 g/mol. The number of H-pyrrole nitrogens is 1. The SMILES string of the molecule is CC(C)CCC1CCCN1c1nc2ccccc2c(=O)[nH]1. The van der Waals surface area contributed by atoms with E-state index in [1.165, 1.54) is 25.7 Å². The van der Waals surface area contributed by atoms with E-state index < -0.39 is 0 Å². The number of nitrogens with zero attached hydrogens (tertiary/aromatic N) is 2. The number of fused-ring (bicyclic) bond motifs is 1. The number of hydrogen-bond donors (Lipinski definition) is 1. The van der Waals surface area contributed by atoms with Gasteiger partial charge in [0.05, 0.1) is 10.9 Å². The molecule has 1 atom stereocenters. The second-order valence-corrected chi connectivity index (χ2v) is 6.37. The highest BCUT2D eigenvalue weighted by atomic mass is 16.1. The molecule has 4 nitrogen and oxygen atoms in total. The summed E-state index contributed by atoms with van der Waals surface area (Å²) < 4.78 is 0. The van der Waals surface area contributed by atoms with Gasteiger partial charge in [0, 0.05) is 12.6 Å². The first-order valence-electron chi connectivity index (χ1n) is 7.91.